The van der Waals surface area contributed by atoms with E-state index >= 15 is 0 Å². The Labute approximate surface area is 167 Å². The molecule has 0 amide bonds. The van der Waals surface area contributed by atoms with Crippen molar-refractivity contribution in [1.29, 1.82) is 0 Å². The van der Waals surface area contributed by atoms with E-state index in [-0.39, 0.29) is 6.04 Å². The second kappa shape index (κ2) is 7.26. The summed E-state index contributed by atoms with van der Waals surface area (Å²) in [4.78, 5) is 6.05. The Bertz CT molecular complexity index is 1040. The van der Waals surface area contributed by atoms with Gasteiger partial charge in [0.15, 0.2) is 5.13 Å². The Morgan fingerprint density at radius 3 is 2.89 bits per heavy atom. The van der Waals surface area contributed by atoms with E-state index in [1.54, 1.807) is 22.7 Å². The van der Waals surface area contributed by atoms with Crippen LogP contribution in [0, 0.1) is 0 Å². The zero-order valence-corrected chi connectivity index (χ0v) is 17.6. The van der Waals surface area contributed by atoms with E-state index in [4.69, 9.17) is 4.98 Å². The zero-order valence-electron chi connectivity index (χ0n) is 15.2. The van der Waals surface area contributed by atoms with Gasteiger partial charge in [-0.15, -0.1) is 22.7 Å². The van der Waals surface area contributed by atoms with Crippen LogP contribution in [0.15, 0.2) is 41.1 Å². The predicted molar refractivity (Wildman–Crippen MR) is 115 cm³/mol. The number of hydrogen-bond acceptors (Lipinski definition) is 6. The van der Waals surface area contributed by atoms with Crippen molar-refractivity contribution in [2.75, 3.05) is 22.4 Å². The largest absolute Gasteiger partial charge is 0.361 e. The number of hydrogen-bond donors (Lipinski definition) is 1. The first-order chi connectivity index (χ1) is 12.9. The summed E-state index contributed by atoms with van der Waals surface area (Å²) >= 11 is 3.36. The molecular formula is C19H21N3O2S3. The molecule has 0 bridgehead atoms. The molecule has 27 heavy (non-hydrogen) atoms. The van der Waals surface area contributed by atoms with E-state index in [1.807, 2.05) is 24.4 Å². The summed E-state index contributed by atoms with van der Waals surface area (Å²) < 4.78 is 25.6. The second-order valence-electron chi connectivity index (χ2n) is 6.75. The number of sulfonamides is 1. The highest BCUT2D eigenvalue weighted by Crippen LogP contribution is 2.37. The van der Waals surface area contributed by atoms with E-state index in [0.717, 1.165) is 47.0 Å². The molecule has 3 heterocycles. The standard InChI is InChI=1S/C19H21N3O2S3/c1-13-10-15-11-14(5-6-18(15)22(13)27(2,23)24)17-12-26-19(21-17)20-8-7-16-4-3-9-25-16/h3-6,9,11-13H,7-8,10H2,1-2H3,(H,20,21). The average molecular weight is 420 g/mol. The van der Waals surface area contributed by atoms with Gasteiger partial charge >= 0.3 is 0 Å². The van der Waals surface area contributed by atoms with Gasteiger partial charge in [-0.2, -0.15) is 0 Å². The van der Waals surface area contributed by atoms with Crippen LogP contribution in [0.25, 0.3) is 11.3 Å². The highest BCUT2D eigenvalue weighted by molar-refractivity contribution is 7.92. The number of benzene rings is 1. The van der Waals surface area contributed by atoms with Crippen molar-refractivity contribution >= 4 is 43.5 Å². The molecule has 0 saturated carbocycles. The molecule has 0 radical (unpaired) electrons. The fourth-order valence-corrected chi connectivity index (χ4v) is 6.22. The normalized spacial score (nSPS) is 16.5. The van der Waals surface area contributed by atoms with Crippen molar-refractivity contribution in [3.63, 3.8) is 0 Å². The molecule has 1 aliphatic heterocycles. The topological polar surface area (TPSA) is 62.3 Å². The van der Waals surface area contributed by atoms with Gasteiger partial charge in [0.05, 0.1) is 17.6 Å². The smallest absolute Gasteiger partial charge is 0.232 e. The number of nitrogens with zero attached hydrogens (tertiary/aromatic N) is 2. The Balaban J connectivity index is 1.49. The summed E-state index contributed by atoms with van der Waals surface area (Å²) in [5.74, 6) is 0. The minimum Gasteiger partial charge on any atom is -0.361 e. The van der Waals surface area contributed by atoms with E-state index in [1.165, 1.54) is 15.4 Å². The van der Waals surface area contributed by atoms with Crippen molar-refractivity contribution in [3.05, 3.63) is 51.5 Å². The van der Waals surface area contributed by atoms with Crippen LogP contribution in [0.2, 0.25) is 0 Å². The zero-order chi connectivity index (χ0) is 19.0. The van der Waals surface area contributed by atoms with E-state index < -0.39 is 10.0 Å². The Morgan fingerprint density at radius 2 is 2.15 bits per heavy atom. The lowest BCUT2D eigenvalue weighted by Gasteiger charge is -2.21. The Kier molecular flexibility index (Phi) is 4.96. The van der Waals surface area contributed by atoms with E-state index in [2.05, 4.69) is 28.9 Å². The molecule has 0 fully saturated rings. The third-order valence-corrected chi connectivity index (χ3v) is 7.62. The molecule has 0 spiro atoms. The molecule has 0 saturated heterocycles. The number of anilines is 2. The van der Waals surface area contributed by atoms with Gasteiger partial charge in [-0.25, -0.2) is 13.4 Å². The Hall–Kier alpha value is -1.90. The highest BCUT2D eigenvalue weighted by atomic mass is 32.2. The van der Waals surface area contributed by atoms with Gasteiger partial charge in [-0.3, -0.25) is 4.31 Å². The van der Waals surface area contributed by atoms with Crippen LogP contribution in [-0.4, -0.2) is 32.2 Å². The molecule has 1 atom stereocenters. The summed E-state index contributed by atoms with van der Waals surface area (Å²) in [7, 11) is -3.26. The van der Waals surface area contributed by atoms with Crippen LogP contribution in [0.3, 0.4) is 0 Å². The molecule has 1 aromatic carbocycles. The third-order valence-electron chi connectivity index (χ3n) is 4.62. The molecule has 0 aliphatic carbocycles. The molecule has 1 N–H and O–H groups in total. The van der Waals surface area contributed by atoms with Crippen LogP contribution in [-0.2, 0) is 22.9 Å². The number of rotatable bonds is 6. The quantitative estimate of drug-likeness (QED) is 0.649. The first-order valence-electron chi connectivity index (χ1n) is 8.76. The van der Waals surface area contributed by atoms with Gasteiger partial charge < -0.3 is 5.32 Å². The highest BCUT2D eigenvalue weighted by Gasteiger charge is 2.32. The molecule has 2 aromatic heterocycles. The molecule has 1 aliphatic rings. The van der Waals surface area contributed by atoms with E-state index in [0.29, 0.717) is 0 Å². The number of aromatic nitrogens is 1. The van der Waals surface area contributed by atoms with Crippen molar-refractivity contribution < 1.29 is 8.42 Å². The summed E-state index contributed by atoms with van der Waals surface area (Å²) in [5, 5.41) is 8.43. The van der Waals surface area contributed by atoms with Crippen molar-refractivity contribution in [2.24, 2.45) is 0 Å². The molecule has 5 nitrogen and oxygen atoms in total. The van der Waals surface area contributed by atoms with Gasteiger partial charge in [0.1, 0.15) is 0 Å². The predicted octanol–water partition coefficient (Wildman–Crippen LogP) is 4.24. The molecule has 4 rings (SSSR count). The summed E-state index contributed by atoms with van der Waals surface area (Å²) in [6.07, 6.45) is 2.98. The van der Waals surface area contributed by atoms with Crippen LogP contribution in [0.4, 0.5) is 10.8 Å². The van der Waals surface area contributed by atoms with Gasteiger partial charge in [0.25, 0.3) is 0 Å². The van der Waals surface area contributed by atoms with Crippen molar-refractivity contribution in [1.82, 2.24) is 4.98 Å². The van der Waals surface area contributed by atoms with Crippen molar-refractivity contribution in [3.8, 4) is 11.3 Å². The van der Waals surface area contributed by atoms with Crippen LogP contribution in [0.1, 0.15) is 17.4 Å². The third kappa shape index (κ3) is 3.88. The maximum absolute atomic E-state index is 12.1. The van der Waals surface area contributed by atoms with Gasteiger partial charge in [-0.05, 0) is 48.9 Å². The minimum absolute atomic E-state index is 0.0461. The van der Waals surface area contributed by atoms with Gasteiger partial charge in [-0.1, -0.05) is 12.1 Å². The van der Waals surface area contributed by atoms with Gasteiger partial charge in [0.2, 0.25) is 10.0 Å². The van der Waals surface area contributed by atoms with Crippen LogP contribution >= 0.6 is 22.7 Å². The molecular weight excluding hydrogens is 398 g/mol. The first kappa shape index (κ1) is 18.5. The number of thiazole rings is 1. The average Bonchev–Trinajstić information content (AvgIpc) is 3.32. The summed E-state index contributed by atoms with van der Waals surface area (Å²) in [6, 6.07) is 10.1. The maximum Gasteiger partial charge on any atom is 0.232 e. The second-order valence-corrected chi connectivity index (χ2v) is 10.5. The summed E-state index contributed by atoms with van der Waals surface area (Å²) in [5.41, 5.74) is 3.80. The first-order valence-corrected chi connectivity index (χ1v) is 12.4. The summed E-state index contributed by atoms with van der Waals surface area (Å²) in [6.45, 7) is 2.80. The molecule has 142 valence electrons. The maximum atomic E-state index is 12.1. The lowest BCUT2D eigenvalue weighted by molar-refractivity contribution is 0.590. The van der Waals surface area contributed by atoms with Gasteiger partial charge in [0, 0.05) is 28.4 Å². The fourth-order valence-electron chi connectivity index (χ4n) is 3.50. The molecule has 8 heteroatoms. The lowest BCUT2D eigenvalue weighted by atomic mass is 10.1. The van der Waals surface area contributed by atoms with Crippen LogP contribution in [0.5, 0.6) is 0 Å². The minimum atomic E-state index is -3.26. The van der Waals surface area contributed by atoms with E-state index in [9.17, 15) is 8.42 Å². The Morgan fingerprint density at radius 1 is 1.30 bits per heavy atom. The fraction of sp³-hybridized carbons (Fsp3) is 0.316. The number of thiophene rings is 1. The number of nitrogens with one attached hydrogen (secondary N) is 1. The van der Waals surface area contributed by atoms with Crippen molar-refractivity contribution in [2.45, 2.75) is 25.8 Å². The molecule has 1 unspecified atom stereocenters. The number of fused-ring (bicyclic) bond motifs is 1. The SMILES string of the molecule is CC1Cc2cc(-c3csc(NCCc4cccs4)n3)ccc2N1S(C)(=O)=O. The van der Waals surface area contributed by atoms with Crippen LogP contribution < -0.4 is 9.62 Å². The lowest BCUT2D eigenvalue weighted by Crippen LogP contribution is -2.34. The molecule has 3 aromatic rings. The monoisotopic (exact) mass is 419 g/mol.